The Balaban J connectivity index is 1.78. The molecule has 0 saturated heterocycles. The molecule has 0 fully saturated rings. The third-order valence-corrected chi connectivity index (χ3v) is 4.47. The van der Waals surface area contributed by atoms with Gasteiger partial charge in [-0.05, 0) is 29.8 Å². The van der Waals surface area contributed by atoms with Gasteiger partial charge in [0, 0.05) is 7.05 Å². The fourth-order valence-corrected chi connectivity index (χ4v) is 3.02. The van der Waals surface area contributed by atoms with Gasteiger partial charge in [-0.1, -0.05) is 18.2 Å². The molecule has 0 bridgehead atoms. The molecule has 3 aromatic rings. The molecule has 1 aromatic heterocycles. The number of methoxy groups -OCH3 is 2. The number of likely N-dealkylation sites (N-methyl/N-ethyl adjacent to an activating group) is 1. The second-order valence-corrected chi connectivity index (χ2v) is 6.28. The minimum absolute atomic E-state index is 0.0227. The number of hydrogen-bond acceptors (Lipinski definition) is 4. The number of carbonyl (C=O) groups is 1. The molecule has 0 unspecified atom stereocenters. The number of rotatable bonds is 7. The standard InChI is InChI=1S/C20H21F2N3O3/c1-24(19(26)11-13-8-9-16(27-2)17(10-13)28-3)12-18-23-14-6-4-5-7-15(14)25(18)20(21)22/h4-10,20H,11-12H2,1-3H3. The van der Waals surface area contributed by atoms with E-state index in [0.717, 1.165) is 10.1 Å². The van der Waals surface area contributed by atoms with Crippen LogP contribution in [0.4, 0.5) is 8.78 Å². The van der Waals surface area contributed by atoms with Crippen molar-refractivity contribution in [3.8, 4) is 11.5 Å². The molecule has 6 nitrogen and oxygen atoms in total. The Labute approximate surface area is 161 Å². The largest absolute Gasteiger partial charge is 0.493 e. The molecule has 8 heteroatoms. The lowest BCUT2D eigenvalue weighted by atomic mass is 10.1. The van der Waals surface area contributed by atoms with Crippen molar-refractivity contribution < 1.29 is 23.0 Å². The predicted octanol–water partition coefficient (Wildman–Crippen LogP) is 3.65. The van der Waals surface area contributed by atoms with Crippen molar-refractivity contribution in [3.05, 3.63) is 53.9 Å². The molecule has 0 spiro atoms. The first-order chi connectivity index (χ1) is 13.4. The van der Waals surface area contributed by atoms with Crippen LogP contribution in [-0.4, -0.2) is 41.6 Å². The number of nitrogens with zero attached hydrogens (tertiary/aromatic N) is 3. The molecule has 0 atom stereocenters. The fourth-order valence-electron chi connectivity index (χ4n) is 3.02. The average molecular weight is 389 g/mol. The van der Waals surface area contributed by atoms with E-state index in [4.69, 9.17) is 9.47 Å². The molecule has 2 aromatic carbocycles. The van der Waals surface area contributed by atoms with Gasteiger partial charge in [0.05, 0.1) is 38.2 Å². The van der Waals surface area contributed by atoms with Gasteiger partial charge in [0.25, 0.3) is 0 Å². The molecular formula is C20H21F2N3O3. The van der Waals surface area contributed by atoms with Crippen molar-refractivity contribution in [1.82, 2.24) is 14.5 Å². The molecule has 0 radical (unpaired) electrons. The molecule has 0 aliphatic rings. The summed E-state index contributed by atoms with van der Waals surface area (Å²) < 4.78 is 38.4. The monoisotopic (exact) mass is 389 g/mol. The Kier molecular flexibility index (Phi) is 5.77. The zero-order valence-electron chi connectivity index (χ0n) is 15.9. The van der Waals surface area contributed by atoms with Crippen LogP contribution in [0.25, 0.3) is 11.0 Å². The Hall–Kier alpha value is -3.16. The lowest BCUT2D eigenvalue weighted by molar-refractivity contribution is -0.129. The summed E-state index contributed by atoms with van der Waals surface area (Å²) in [5.74, 6) is 1.01. The summed E-state index contributed by atoms with van der Waals surface area (Å²) in [5.41, 5.74) is 1.55. The highest BCUT2D eigenvalue weighted by molar-refractivity contribution is 5.79. The van der Waals surface area contributed by atoms with Crippen molar-refractivity contribution in [2.75, 3.05) is 21.3 Å². The van der Waals surface area contributed by atoms with Crippen LogP contribution < -0.4 is 9.47 Å². The molecule has 1 heterocycles. The molecule has 0 aliphatic heterocycles. The molecule has 28 heavy (non-hydrogen) atoms. The van der Waals surface area contributed by atoms with E-state index >= 15 is 0 Å². The number of para-hydroxylation sites is 2. The van der Waals surface area contributed by atoms with Gasteiger partial charge in [-0.3, -0.25) is 9.36 Å². The van der Waals surface area contributed by atoms with Gasteiger partial charge in [-0.2, -0.15) is 8.78 Å². The van der Waals surface area contributed by atoms with Gasteiger partial charge in [0.15, 0.2) is 11.5 Å². The lowest BCUT2D eigenvalue weighted by Gasteiger charge is -2.18. The maximum absolute atomic E-state index is 13.5. The van der Waals surface area contributed by atoms with Gasteiger partial charge in [-0.15, -0.1) is 0 Å². The van der Waals surface area contributed by atoms with Crippen LogP contribution >= 0.6 is 0 Å². The van der Waals surface area contributed by atoms with Crippen LogP contribution in [0.2, 0.25) is 0 Å². The van der Waals surface area contributed by atoms with Crippen molar-refractivity contribution >= 4 is 16.9 Å². The van der Waals surface area contributed by atoms with Gasteiger partial charge in [0.2, 0.25) is 5.91 Å². The van der Waals surface area contributed by atoms with E-state index in [-0.39, 0.29) is 24.7 Å². The first-order valence-electron chi connectivity index (χ1n) is 8.63. The van der Waals surface area contributed by atoms with E-state index in [1.54, 1.807) is 49.5 Å². The first-order valence-corrected chi connectivity index (χ1v) is 8.63. The van der Waals surface area contributed by atoms with Crippen molar-refractivity contribution in [1.29, 1.82) is 0 Å². The quantitative estimate of drug-likeness (QED) is 0.619. The Morgan fingerprint density at radius 2 is 1.86 bits per heavy atom. The van der Waals surface area contributed by atoms with Crippen LogP contribution in [0.1, 0.15) is 17.9 Å². The van der Waals surface area contributed by atoms with E-state index in [1.807, 2.05) is 0 Å². The third kappa shape index (κ3) is 3.90. The van der Waals surface area contributed by atoms with Crippen LogP contribution in [0.3, 0.4) is 0 Å². The molecule has 3 rings (SSSR count). The highest BCUT2D eigenvalue weighted by atomic mass is 19.3. The summed E-state index contributed by atoms with van der Waals surface area (Å²) in [6.07, 6.45) is 0.103. The zero-order valence-corrected chi connectivity index (χ0v) is 15.9. The minimum atomic E-state index is -2.74. The van der Waals surface area contributed by atoms with Crippen molar-refractivity contribution in [2.45, 2.75) is 19.5 Å². The van der Waals surface area contributed by atoms with E-state index in [9.17, 15) is 13.6 Å². The summed E-state index contributed by atoms with van der Waals surface area (Å²) in [7, 11) is 4.62. The number of carbonyl (C=O) groups excluding carboxylic acids is 1. The van der Waals surface area contributed by atoms with Gasteiger partial charge in [0.1, 0.15) is 5.82 Å². The van der Waals surface area contributed by atoms with Gasteiger partial charge < -0.3 is 14.4 Å². The minimum Gasteiger partial charge on any atom is -0.493 e. The molecule has 0 saturated carbocycles. The Morgan fingerprint density at radius 3 is 2.54 bits per heavy atom. The molecule has 0 N–H and O–H groups in total. The van der Waals surface area contributed by atoms with Crippen molar-refractivity contribution in [2.24, 2.45) is 0 Å². The summed E-state index contributed by atoms with van der Waals surface area (Å²) in [6, 6.07) is 11.9. The van der Waals surface area contributed by atoms with E-state index in [1.165, 1.54) is 19.1 Å². The number of ether oxygens (including phenoxy) is 2. The smallest absolute Gasteiger partial charge is 0.320 e. The number of imidazole rings is 1. The second-order valence-electron chi connectivity index (χ2n) is 6.28. The highest BCUT2D eigenvalue weighted by Gasteiger charge is 2.20. The number of halogens is 2. The maximum Gasteiger partial charge on any atom is 0.320 e. The maximum atomic E-state index is 13.5. The van der Waals surface area contributed by atoms with Crippen LogP contribution in [0, 0.1) is 0 Å². The van der Waals surface area contributed by atoms with E-state index < -0.39 is 6.55 Å². The van der Waals surface area contributed by atoms with Crippen LogP contribution in [0.15, 0.2) is 42.5 Å². The SMILES string of the molecule is COc1ccc(CC(=O)N(C)Cc2nc3ccccc3n2C(F)F)cc1OC. The van der Waals surface area contributed by atoms with Crippen molar-refractivity contribution in [3.63, 3.8) is 0 Å². The second kappa shape index (κ2) is 8.24. The van der Waals surface area contributed by atoms with E-state index in [2.05, 4.69) is 4.98 Å². The van der Waals surface area contributed by atoms with Crippen LogP contribution in [-0.2, 0) is 17.8 Å². The first kappa shape index (κ1) is 19.6. The molecule has 1 amide bonds. The summed E-state index contributed by atoms with van der Waals surface area (Å²) in [6.45, 7) is -2.76. The third-order valence-electron chi connectivity index (χ3n) is 4.47. The normalized spacial score (nSPS) is 11.1. The fraction of sp³-hybridized carbons (Fsp3) is 0.300. The average Bonchev–Trinajstić information content (AvgIpc) is 3.05. The topological polar surface area (TPSA) is 56.6 Å². The number of benzene rings is 2. The number of amides is 1. The molecule has 0 aliphatic carbocycles. The van der Waals surface area contributed by atoms with Gasteiger partial charge >= 0.3 is 6.55 Å². The summed E-state index contributed by atoms with van der Waals surface area (Å²) in [5, 5.41) is 0. The number of hydrogen-bond donors (Lipinski definition) is 0. The zero-order chi connectivity index (χ0) is 20.3. The summed E-state index contributed by atoms with van der Waals surface area (Å²) in [4.78, 5) is 18.2. The number of alkyl halides is 2. The lowest BCUT2D eigenvalue weighted by Crippen LogP contribution is -2.29. The predicted molar refractivity (Wildman–Crippen MR) is 101 cm³/mol. The summed E-state index contributed by atoms with van der Waals surface area (Å²) >= 11 is 0. The van der Waals surface area contributed by atoms with Crippen LogP contribution in [0.5, 0.6) is 11.5 Å². The highest BCUT2D eigenvalue weighted by Crippen LogP contribution is 2.28. The van der Waals surface area contributed by atoms with Gasteiger partial charge in [-0.25, -0.2) is 4.98 Å². The molecular weight excluding hydrogens is 368 g/mol. The number of aromatic nitrogens is 2. The number of fused-ring (bicyclic) bond motifs is 1. The Morgan fingerprint density at radius 1 is 1.14 bits per heavy atom. The molecule has 148 valence electrons. The van der Waals surface area contributed by atoms with E-state index in [0.29, 0.717) is 22.5 Å². The Bertz CT molecular complexity index is 988.